The number of hydrogen-bond acceptors (Lipinski definition) is 12. The van der Waals surface area contributed by atoms with Gasteiger partial charge < -0.3 is 30.5 Å². The van der Waals surface area contributed by atoms with E-state index in [1.807, 2.05) is 44.8 Å². The second-order valence-electron chi connectivity index (χ2n) is 10.4. The molecule has 3 rings (SSSR count). The van der Waals surface area contributed by atoms with Crippen LogP contribution in [0.5, 0.6) is 5.88 Å². The lowest BCUT2D eigenvalue weighted by atomic mass is 10.3. The minimum atomic E-state index is -3.70. The van der Waals surface area contributed by atoms with Gasteiger partial charge in [0.15, 0.2) is 26.5 Å². The van der Waals surface area contributed by atoms with Crippen molar-refractivity contribution >= 4 is 62.0 Å². The number of amides is 1. The molecule has 0 spiro atoms. The Kier molecular flexibility index (Phi) is 11.2. The zero-order valence-electron chi connectivity index (χ0n) is 25.3. The molecule has 43 heavy (non-hydrogen) atoms. The van der Waals surface area contributed by atoms with Gasteiger partial charge in [-0.2, -0.15) is 9.97 Å². The number of sulfone groups is 1. The molecule has 3 heterocycles. The first kappa shape index (κ1) is 33.5. The topological polar surface area (TPSA) is 155 Å². The van der Waals surface area contributed by atoms with Gasteiger partial charge >= 0.3 is 0 Å². The Morgan fingerprint density at radius 3 is 2.42 bits per heavy atom. The molecule has 0 saturated heterocycles. The fourth-order valence-corrected chi connectivity index (χ4v) is 4.83. The molecule has 13 nitrogen and oxygen atoms in total. The number of carbonyl (C=O) groups excluding carboxylic acids is 1. The second kappa shape index (κ2) is 14.4. The largest absolute Gasteiger partial charge is 0.473 e. The van der Waals surface area contributed by atoms with Gasteiger partial charge in [-0.1, -0.05) is 18.2 Å². The minimum absolute atomic E-state index is 0.106. The van der Waals surface area contributed by atoms with Crippen molar-refractivity contribution in [2.75, 3.05) is 55.1 Å². The normalized spacial score (nSPS) is 11.5. The van der Waals surface area contributed by atoms with Crippen molar-refractivity contribution in [3.8, 4) is 5.88 Å². The maximum atomic E-state index is 12.9. The number of rotatable bonds is 14. The fourth-order valence-electron chi connectivity index (χ4n) is 3.61. The third kappa shape index (κ3) is 8.75. The molecule has 0 atom stereocenters. The summed E-state index contributed by atoms with van der Waals surface area (Å²) in [5.74, 6) is 0.587. The summed E-state index contributed by atoms with van der Waals surface area (Å²) in [6.07, 6.45) is 3.72. The smallest absolute Gasteiger partial charge is 0.247 e. The molecule has 0 aliphatic carbocycles. The molecule has 3 aromatic heterocycles. The van der Waals surface area contributed by atoms with E-state index >= 15 is 0 Å². The number of ether oxygens (including phenoxy) is 1. The average Bonchev–Trinajstić information content (AvgIpc) is 2.94. The quantitative estimate of drug-likeness (QED) is 0.215. The van der Waals surface area contributed by atoms with Crippen molar-refractivity contribution in [1.29, 1.82) is 0 Å². The predicted octanol–water partition coefficient (Wildman–Crippen LogP) is 4.50. The van der Waals surface area contributed by atoms with E-state index in [1.54, 1.807) is 32.0 Å². The van der Waals surface area contributed by atoms with E-state index in [0.717, 1.165) is 6.54 Å². The Balaban J connectivity index is 2.05. The maximum absolute atomic E-state index is 12.9. The van der Waals surface area contributed by atoms with Gasteiger partial charge in [-0.05, 0) is 66.1 Å². The molecule has 3 aromatic rings. The Labute approximate surface area is 257 Å². The van der Waals surface area contributed by atoms with E-state index in [0.29, 0.717) is 23.7 Å². The van der Waals surface area contributed by atoms with E-state index in [-0.39, 0.29) is 39.5 Å². The van der Waals surface area contributed by atoms with Crippen LogP contribution < -0.4 is 25.6 Å². The van der Waals surface area contributed by atoms with Gasteiger partial charge in [-0.3, -0.25) is 4.79 Å². The minimum Gasteiger partial charge on any atom is -0.473 e. The number of likely N-dealkylation sites (N-methyl/N-ethyl adjacent to an activating group) is 2. The monoisotopic (exact) mass is 631 g/mol. The fraction of sp³-hybridized carbons (Fsp3) is 0.393. The zero-order chi connectivity index (χ0) is 31.9. The van der Waals surface area contributed by atoms with Crippen LogP contribution in [0.4, 0.5) is 34.6 Å². The molecule has 15 heteroatoms. The van der Waals surface area contributed by atoms with Crippen molar-refractivity contribution in [3.63, 3.8) is 0 Å². The number of anilines is 6. The van der Waals surface area contributed by atoms with Crippen LogP contribution in [0.25, 0.3) is 0 Å². The number of pyridine rings is 2. The molecule has 0 radical (unpaired) electrons. The van der Waals surface area contributed by atoms with Crippen molar-refractivity contribution in [1.82, 2.24) is 24.8 Å². The summed E-state index contributed by atoms with van der Waals surface area (Å²) in [7, 11) is 2.10. The van der Waals surface area contributed by atoms with Crippen LogP contribution in [0.15, 0.2) is 48.3 Å². The molecule has 0 fully saturated rings. The van der Waals surface area contributed by atoms with E-state index in [4.69, 9.17) is 21.3 Å². The molecule has 232 valence electrons. The highest BCUT2D eigenvalue weighted by molar-refractivity contribution is 7.92. The Hall–Kier alpha value is -4.01. The summed E-state index contributed by atoms with van der Waals surface area (Å²) in [5, 5.41) is 8.22. The van der Waals surface area contributed by atoms with E-state index in [1.165, 1.54) is 18.5 Å². The Bertz CT molecular complexity index is 1570. The summed E-state index contributed by atoms with van der Waals surface area (Å²) in [6, 6.07) is 4.85. The van der Waals surface area contributed by atoms with Gasteiger partial charge in [0.05, 0.1) is 28.9 Å². The van der Waals surface area contributed by atoms with E-state index < -0.39 is 21.0 Å². The van der Waals surface area contributed by atoms with Gasteiger partial charge in [0.25, 0.3) is 0 Å². The lowest BCUT2D eigenvalue weighted by Gasteiger charge is -2.25. The second-order valence-corrected chi connectivity index (χ2v) is 13.2. The molecule has 0 aromatic carbocycles. The number of aromatic nitrogens is 4. The van der Waals surface area contributed by atoms with E-state index in [2.05, 4.69) is 37.5 Å². The van der Waals surface area contributed by atoms with Crippen molar-refractivity contribution in [2.45, 2.75) is 44.1 Å². The van der Waals surface area contributed by atoms with Gasteiger partial charge in [-0.15, -0.1) is 0 Å². The van der Waals surface area contributed by atoms with Crippen molar-refractivity contribution in [3.05, 3.63) is 48.3 Å². The summed E-state index contributed by atoms with van der Waals surface area (Å²) in [5.41, 5.74) is 0.999. The molecular formula is C28H38ClN9O4S. The van der Waals surface area contributed by atoms with Crippen LogP contribution in [0.3, 0.4) is 0 Å². The first-order valence-corrected chi connectivity index (χ1v) is 15.4. The van der Waals surface area contributed by atoms with Crippen LogP contribution in [0, 0.1) is 0 Å². The lowest BCUT2D eigenvalue weighted by molar-refractivity contribution is -0.111. The molecular weight excluding hydrogens is 594 g/mol. The molecule has 0 saturated carbocycles. The standard InChI is InChI=1S/C28H38ClN9O4S/c1-9-23(39)32-21-15-22(26(42-17(2)3)36-25(21)38(8)14-13-37(6)7)34-28-31-16-19(29)24(35-28)33-20-11-10-12-30-27(20)43(40,41)18(4)5/h9-12,15-18H,1,13-14H2,2-8H3,(H,32,39)(H2,31,33,34,35). The molecule has 0 unspecified atom stereocenters. The van der Waals surface area contributed by atoms with Crippen LogP contribution in [0.2, 0.25) is 5.02 Å². The molecule has 0 aliphatic rings. The van der Waals surface area contributed by atoms with Gasteiger partial charge in [0, 0.05) is 26.3 Å². The van der Waals surface area contributed by atoms with Crippen molar-refractivity contribution < 1.29 is 17.9 Å². The number of nitrogens with one attached hydrogen (secondary N) is 3. The first-order chi connectivity index (χ1) is 20.2. The highest BCUT2D eigenvalue weighted by atomic mass is 35.5. The Morgan fingerprint density at radius 2 is 1.79 bits per heavy atom. The zero-order valence-corrected chi connectivity index (χ0v) is 26.9. The van der Waals surface area contributed by atoms with Crippen LogP contribution >= 0.6 is 11.6 Å². The third-order valence-electron chi connectivity index (χ3n) is 5.91. The molecule has 0 aliphatic heterocycles. The number of hydrogen-bond donors (Lipinski definition) is 3. The lowest BCUT2D eigenvalue weighted by Crippen LogP contribution is -2.30. The first-order valence-electron chi connectivity index (χ1n) is 13.5. The van der Waals surface area contributed by atoms with Gasteiger partial charge in [0.2, 0.25) is 17.7 Å². The van der Waals surface area contributed by atoms with Crippen molar-refractivity contribution in [2.24, 2.45) is 0 Å². The predicted molar refractivity (Wildman–Crippen MR) is 171 cm³/mol. The summed E-state index contributed by atoms with van der Waals surface area (Å²) < 4.78 is 31.8. The molecule has 3 N–H and O–H groups in total. The Morgan fingerprint density at radius 1 is 1.07 bits per heavy atom. The van der Waals surface area contributed by atoms with Gasteiger partial charge in [-0.25, -0.2) is 18.4 Å². The molecule has 0 bridgehead atoms. The highest BCUT2D eigenvalue weighted by Gasteiger charge is 2.25. The SMILES string of the molecule is C=CC(=O)Nc1cc(Nc2ncc(Cl)c(Nc3cccnc3S(=O)(=O)C(C)C)n2)c(OC(C)C)nc1N(C)CCN(C)C. The third-order valence-corrected chi connectivity index (χ3v) is 8.29. The van der Waals surface area contributed by atoms with Gasteiger partial charge in [0.1, 0.15) is 10.7 Å². The molecule has 1 amide bonds. The highest BCUT2D eigenvalue weighted by Crippen LogP contribution is 2.36. The summed E-state index contributed by atoms with van der Waals surface area (Å²) >= 11 is 6.40. The number of carbonyl (C=O) groups is 1. The van der Waals surface area contributed by atoms with Crippen LogP contribution in [-0.2, 0) is 14.6 Å². The van der Waals surface area contributed by atoms with Crippen LogP contribution in [0.1, 0.15) is 27.7 Å². The number of nitrogens with zero attached hydrogens (tertiary/aromatic N) is 6. The summed E-state index contributed by atoms with van der Waals surface area (Å²) in [4.78, 5) is 33.8. The number of halogens is 1. The average molecular weight is 632 g/mol. The van der Waals surface area contributed by atoms with E-state index in [9.17, 15) is 13.2 Å². The van der Waals surface area contributed by atoms with Crippen LogP contribution in [-0.4, -0.2) is 84.7 Å². The summed E-state index contributed by atoms with van der Waals surface area (Å²) in [6.45, 7) is 11.8. The maximum Gasteiger partial charge on any atom is 0.247 e.